The third kappa shape index (κ3) is 5.20. The van der Waals surface area contributed by atoms with Crippen molar-refractivity contribution >= 4 is 16.7 Å². The first-order valence-corrected chi connectivity index (χ1v) is 13.2. The molecule has 2 aromatic rings. The fraction of sp³-hybridized carbons (Fsp3) is 0.607. The minimum Gasteiger partial charge on any atom is -0.490 e. The molecule has 1 aliphatic carbocycles. The van der Waals surface area contributed by atoms with Crippen LogP contribution in [0.15, 0.2) is 30.3 Å². The number of halogens is 6. The van der Waals surface area contributed by atoms with E-state index >= 15 is 0 Å². The summed E-state index contributed by atoms with van der Waals surface area (Å²) in [6.45, 7) is 1.94. The minimum atomic E-state index is -4.72. The van der Waals surface area contributed by atoms with Crippen molar-refractivity contribution in [1.29, 1.82) is 0 Å². The highest BCUT2D eigenvalue weighted by Gasteiger charge is 2.46. The van der Waals surface area contributed by atoms with Crippen LogP contribution in [-0.4, -0.2) is 40.3 Å². The van der Waals surface area contributed by atoms with E-state index in [1.165, 1.54) is 6.07 Å². The predicted molar refractivity (Wildman–Crippen MR) is 129 cm³/mol. The summed E-state index contributed by atoms with van der Waals surface area (Å²) in [5.41, 5.74) is -0.203. The molecule has 2 aliphatic heterocycles. The lowest BCUT2D eigenvalue weighted by molar-refractivity contribution is -0.185. The molecule has 5 rings (SSSR count). The molecule has 208 valence electrons. The molecule has 0 aromatic heterocycles. The van der Waals surface area contributed by atoms with E-state index in [2.05, 4.69) is 4.90 Å². The topological polar surface area (TPSA) is 49.8 Å². The van der Waals surface area contributed by atoms with E-state index in [1.54, 1.807) is 18.2 Å². The Labute approximate surface area is 216 Å². The standard InChI is InChI=1S/C28H31F6NO3/c1-15(35-20-7-8-21(35)13-18(12-20)26(36)37)17-3-2-16-4-11-24(25(23(16)14-17)28(32,33)34)38-22-9-5-19(6-10-22)27(29,30)31/h2-4,11,14-15,18-22H,5-10,12-13H2,1H3,(H,36,37)/t15-,19?,20-,21-,22?/m0/s1. The Morgan fingerprint density at radius 3 is 2.11 bits per heavy atom. The van der Waals surface area contributed by atoms with Crippen molar-refractivity contribution in [2.24, 2.45) is 11.8 Å². The molecule has 0 unspecified atom stereocenters. The maximum Gasteiger partial charge on any atom is 0.420 e. The Balaban J connectivity index is 1.43. The summed E-state index contributed by atoms with van der Waals surface area (Å²) >= 11 is 0. The average molecular weight is 544 g/mol. The highest BCUT2D eigenvalue weighted by atomic mass is 19.4. The summed E-state index contributed by atoms with van der Waals surface area (Å²) in [4.78, 5) is 13.8. The summed E-state index contributed by atoms with van der Waals surface area (Å²) in [5, 5.41) is 9.87. The fourth-order valence-electron chi connectivity index (χ4n) is 6.87. The van der Waals surface area contributed by atoms with Crippen LogP contribution in [0, 0.1) is 11.8 Å². The van der Waals surface area contributed by atoms with Crippen LogP contribution in [0.3, 0.4) is 0 Å². The minimum absolute atomic E-state index is 0.00361. The number of hydrogen-bond donors (Lipinski definition) is 1. The van der Waals surface area contributed by atoms with Gasteiger partial charge in [-0.2, -0.15) is 26.3 Å². The lowest BCUT2D eigenvalue weighted by Gasteiger charge is -2.41. The Morgan fingerprint density at radius 2 is 1.55 bits per heavy atom. The second-order valence-corrected chi connectivity index (χ2v) is 11.1. The zero-order chi connectivity index (χ0) is 27.4. The second-order valence-electron chi connectivity index (χ2n) is 11.1. The first-order valence-electron chi connectivity index (χ1n) is 13.2. The molecule has 38 heavy (non-hydrogen) atoms. The van der Waals surface area contributed by atoms with Crippen LogP contribution in [0.5, 0.6) is 5.75 Å². The molecule has 4 nitrogen and oxygen atoms in total. The van der Waals surface area contributed by atoms with Gasteiger partial charge in [-0.05, 0) is 86.8 Å². The Morgan fingerprint density at radius 1 is 0.947 bits per heavy atom. The number of carboxylic acid groups (broad SMARTS) is 1. The number of carboxylic acids is 1. The van der Waals surface area contributed by atoms with Crippen LogP contribution in [0.4, 0.5) is 26.3 Å². The highest BCUT2D eigenvalue weighted by Crippen LogP contribution is 2.47. The van der Waals surface area contributed by atoms with E-state index in [1.807, 2.05) is 13.0 Å². The molecule has 2 aromatic carbocycles. The van der Waals surface area contributed by atoms with Gasteiger partial charge in [0.2, 0.25) is 0 Å². The van der Waals surface area contributed by atoms with Crippen molar-refractivity contribution in [1.82, 2.24) is 4.90 Å². The lowest BCUT2D eigenvalue weighted by Crippen LogP contribution is -2.45. The average Bonchev–Trinajstić information content (AvgIpc) is 3.10. The summed E-state index contributed by atoms with van der Waals surface area (Å²) < 4.78 is 88.0. The van der Waals surface area contributed by atoms with Crippen LogP contribution in [0.2, 0.25) is 0 Å². The molecular weight excluding hydrogens is 512 g/mol. The van der Waals surface area contributed by atoms with Crippen LogP contribution in [0.1, 0.15) is 75.5 Å². The highest BCUT2D eigenvalue weighted by molar-refractivity contribution is 5.89. The maximum atomic E-state index is 14.4. The number of aliphatic carboxylic acids is 1. The molecule has 2 bridgehead atoms. The van der Waals surface area contributed by atoms with Gasteiger partial charge >= 0.3 is 18.3 Å². The van der Waals surface area contributed by atoms with Crippen molar-refractivity contribution in [2.75, 3.05) is 0 Å². The van der Waals surface area contributed by atoms with Crippen molar-refractivity contribution in [3.05, 3.63) is 41.5 Å². The molecule has 2 heterocycles. The van der Waals surface area contributed by atoms with E-state index in [0.717, 1.165) is 12.8 Å². The molecule has 0 spiro atoms. The van der Waals surface area contributed by atoms with E-state index in [-0.39, 0.29) is 54.9 Å². The predicted octanol–water partition coefficient (Wildman–Crippen LogP) is 7.75. The molecule has 0 amide bonds. The first kappa shape index (κ1) is 27.1. The quantitative estimate of drug-likeness (QED) is 0.392. The number of carbonyl (C=O) groups is 1. The van der Waals surface area contributed by atoms with Gasteiger partial charge in [0.15, 0.2) is 0 Å². The van der Waals surface area contributed by atoms with E-state index < -0.39 is 41.8 Å². The third-order valence-corrected chi connectivity index (χ3v) is 8.79. The molecule has 1 saturated carbocycles. The molecule has 0 radical (unpaired) electrons. The normalized spacial score (nSPS) is 29.4. The van der Waals surface area contributed by atoms with Crippen LogP contribution < -0.4 is 4.74 Å². The number of nitrogens with zero attached hydrogens (tertiary/aromatic N) is 1. The Kier molecular flexibility index (Phi) is 7.07. The van der Waals surface area contributed by atoms with Crippen molar-refractivity contribution < 1.29 is 41.0 Å². The van der Waals surface area contributed by atoms with Crippen LogP contribution >= 0.6 is 0 Å². The van der Waals surface area contributed by atoms with Gasteiger partial charge in [-0.3, -0.25) is 9.69 Å². The molecular formula is C28H31F6NO3. The van der Waals surface area contributed by atoms with Crippen LogP contribution in [-0.2, 0) is 11.0 Å². The molecule has 10 heteroatoms. The molecule has 1 N–H and O–H groups in total. The molecule has 2 saturated heterocycles. The number of fused-ring (bicyclic) bond motifs is 3. The zero-order valence-electron chi connectivity index (χ0n) is 21.0. The van der Waals surface area contributed by atoms with E-state index in [9.17, 15) is 36.2 Å². The fourth-order valence-corrected chi connectivity index (χ4v) is 6.87. The summed E-state index contributed by atoms with van der Waals surface area (Å²) in [6.07, 6.45) is -7.16. The van der Waals surface area contributed by atoms with Gasteiger partial charge in [0.25, 0.3) is 0 Å². The van der Waals surface area contributed by atoms with Gasteiger partial charge in [-0.15, -0.1) is 0 Å². The molecule has 3 atom stereocenters. The largest absolute Gasteiger partial charge is 0.490 e. The molecule has 3 aliphatic rings. The molecule has 3 fully saturated rings. The number of hydrogen-bond acceptors (Lipinski definition) is 3. The summed E-state index contributed by atoms with van der Waals surface area (Å²) in [5.74, 6) is -2.99. The summed E-state index contributed by atoms with van der Waals surface area (Å²) in [6, 6.07) is 7.77. The SMILES string of the molecule is C[C@@H](c1ccc2ccc(OC3CCC(C(F)(F)F)CC3)c(C(F)(F)F)c2c1)N1[C@H]2CC[C@H]1CC(C(=O)O)C2. The Bertz CT molecular complexity index is 1170. The van der Waals surface area contributed by atoms with E-state index in [4.69, 9.17) is 4.74 Å². The lowest BCUT2D eigenvalue weighted by atomic mass is 9.87. The van der Waals surface area contributed by atoms with E-state index in [0.29, 0.717) is 23.8 Å². The number of piperidine rings is 1. The maximum absolute atomic E-state index is 14.4. The van der Waals surface area contributed by atoms with Gasteiger partial charge in [-0.1, -0.05) is 18.2 Å². The van der Waals surface area contributed by atoms with Gasteiger partial charge in [0, 0.05) is 18.1 Å². The number of rotatable bonds is 5. The van der Waals surface area contributed by atoms with Crippen molar-refractivity contribution in [3.63, 3.8) is 0 Å². The number of benzene rings is 2. The van der Waals surface area contributed by atoms with Gasteiger partial charge in [-0.25, -0.2) is 0 Å². The van der Waals surface area contributed by atoms with Crippen molar-refractivity contribution in [3.8, 4) is 5.75 Å². The number of alkyl halides is 6. The Hall–Kier alpha value is -2.49. The number of ether oxygens (including phenoxy) is 1. The first-order chi connectivity index (χ1) is 17.8. The smallest absolute Gasteiger partial charge is 0.420 e. The second kappa shape index (κ2) is 9.92. The third-order valence-electron chi connectivity index (χ3n) is 8.79. The van der Waals surface area contributed by atoms with Crippen molar-refractivity contribution in [2.45, 2.75) is 94.9 Å². The zero-order valence-corrected chi connectivity index (χ0v) is 21.0. The monoisotopic (exact) mass is 543 g/mol. The van der Waals surface area contributed by atoms with Crippen LogP contribution in [0.25, 0.3) is 10.8 Å². The van der Waals surface area contributed by atoms with Gasteiger partial charge < -0.3 is 9.84 Å². The van der Waals surface area contributed by atoms with Gasteiger partial charge in [0.1, 0.15) is 11.3 Å². The van der Waals surface area contributed by atoms with Gasteiger partial charge in [0.05, 0.1) is 17.9 Å². The summed E-state index contributed by atoms with van der Waals surface area (Å²) in [7, 11) is 0.